The number of nitrogens with zero attached hydrogens (tertiary/aromatic N) is 1. The molecule has 0 saturated heterocycles. The number of amides is 1. The average Bonchev–Trinajstić information content (AvgIpc) is 2.45. The van der Waals surface area contributed by atoms with E-state index in [0.29, 0.717) is 11.5 Å². The van der Waals surface area contributed by atoms with Crippen LogP contribution in [0.2, 0.25) is 5.02 Å². The fourth-order valence-corrected chi connectivity index (χ4v) is 2.42. The van der Waals surface area contributed by atoms with Crippen LogP contribution in [0.3, 0.4) is 0 Å². The van der Waals surface area contributed by atoms with Gasteiger partial charge in [-0.2, -0.15) is 0 Å². The molecule has 1 atom stereocenters. The van der Waals surface area contributed by atoms with Crippen molar-refractivity contribution >= 4 is 39.7 Å². The molecule has 0 aliphatic carbocycles. The van der Waals surface area contributed by atoms with Crippen molar-refractivity contribution in [1.82, 2.24) is 5.32 Å². The number of nitrogen functional groups attached to an aromatic ring is 1. The van der Waals surface area contributed by atoms with Crippen molar-refractivity contribution in [2.24, 2.45) is 5.84 Å². The summed E-state index contributed by atoms with van der Waals surface area (Å²) in [6, 6.07) is 2.35. The molecule has 0 spiro atoms. The Morgan fingerprint density at radius 1 is 1.52 bits per heavy atom. The smallest absolute Gasteiger partial charge is 0.295 e. The predicted molar refractivity (Wildman–Crippen MR) is 81.8 cm³/mol. The molecule has 0 heterocycles. The molecule has 0 radical (unpaired) electrons. The number of hydrogen-bond acceptors (Lipinski definition) is 6. The van der Waals surface area contributed by atoms with E-state index in [1.807, 2.05) is 0 Å². The highest BCUT2D eigenvalue weighted by Gasteiger charge is 2.20. The highest BCUT2D eigenvalue weighted by Crippen LogP contribution is 2.32. The molecule has 1 aromatic carbocycles. The third-order valence-corrected chi connectivity index (χ3v) is 4.21. The quantitative estimate of drug-likeness (QED) is 0.388. The molecule has 116 valence electrons. The molecule has 4 N–H and O–H groups in total. The highest BCUT2D eigenvalue weighted by atomic mass is 35.5. The number of nitrogens with one attached hydrogen (secondary N) is 2. The molecule has 8 nitrogen and oxygen atoms in total. The summed E-state index contributed by atoms with van der Waals surface area (Å²) in [4.78, 5) is 22.1. The molecule has 1 amide bonds. The molecule has 1 unspecified atom stereocenters. The van der Waals surface area contributed by atoms with Crippen molar-refractivity contribution in [1.29, 1.82) is 0 Å². The lowest BCUT2D eigenvalue weighted by molar-refractivity contribution is -0.384. The maximum Gasteiger partial charge on any atom is 0.295 e. The molecule has 21 heavy (non-hydrogen) atoms. The van der Waals surface area contributed by atoms with E-state index < -0.39 is 27.3 Å². The van der Waals surface area contributed by atoms with E-state index in [9.17, 15) is 19.1 Å². The molecule has 0 aromatic heterocycles. The molecule has 0 fully saturated rings. The maximum atomic E-state index is 11.9. The van der Waals surface area contributed by atoms with Crippen LogP contribution in [0, 0.1) is 10.1 Å². The van der Waals surface area contributed by atoms with Gasteiger partial charge in [-0.1, -0.05) is 18.5 Å². The van der Waals surface area contributed by atoms with Crippen LogP contribution < -0.4 is 16.6 Å². The van der Waals surface area contributed by atoms with Gasteiger partial charge in [0.05, 0.1) is 9.95 Å². The normalized spacial score (nSPS) is 11.8. The van der Waals surface area contributed by atoms with Gasteiger partial charge in [-0.3, -0.25) is 25.0 Å². The minimum absolute atomic E-state index is 0.0333. The van der Waals surface area contributed by atoms with Gasteiger partial charge >= 0.3 is 0 Å². The fraction of sp³-hybridized carbons (Fsp3) is 0.364. The summed E-state index contributed by atoms with van der Waals surface area (Å²) in [6.07, 6.45) is 0. The summed E-state index contributed by atoms with van der Waals surface area (Å²) < 4.78 is 11.2. The lowest BCUT2D eigenvalue weighted by atomic mass is 10.1. The van der Waals surface area contributed by atoms with Gasteiger partial charge in [0.25, 0.3) is 11.6 Å². The fourth-order valence-electron chi connectivity index (χ4n) is 1.53. The predicted octanol–water partition coefficient (Wildman–Crippen LogP) is 1.03. The summed E-state index contributed by atoms with van der Waals surface area (Å²) in [5.41, 5.74) is 1.71. The van der Waals surface area contributed by atoms with Crippen LogP contribution in [0.25, 0.3) is 0 Å². The molecular formula is C11H15ClN4O4S. The number of nitro groups is 1. The number of anilines is 1. The van der Waals surface area contributed by atoms with Crippen LogP contribution in [-0.4, -0.2) is 33.1 Å². The highest BCUT2D eigenvalue weighted by molar-refractivity contribution is 7.84. The number of carbonyl (C=O) groups excluding carboxylic acids is 1. The van der Waals surface area contributed by atoms with Gasteiger partial charge in [0.2, 0.25) is 0 Å². The van der Waals surface area contributed by atoms with Crippen molar-refractivity contribution in [3.8, 4) is 0 Å². The van der Waals surface area contributed by atoms with Crippen molar-refractivity contribution < 1.29 is 13.9 Å². The molecule has 10 heteroatoms. The van der Waals surface area contributed by atoms with Crippen molar-refractivity contribution in [2.75, 3.05) is 23.5 Å². The average molecular weight is 335 g/mol. The first-order valence-electron chi connectivity index (χ1n) is 5.98. The van der Waals surface area contributed by atoms with E-state index in [0.717, 1.165) is 6.07 Å². The van der Waals surface area contributed by atoms with Crippen LogP contribution in [0.15, 0.2) is 12.1 Å². The number of hydrazine groups is 1. The molecule has 0 saturated carbocycles. The van der Waals surface area contributed by atoms with Crippen LogP contribution in [0.4, 0.5) is 11.4 Å². The van der Waals surface area contributed by atoms with Crippen LogP contribution in [-0.2, 0) is 10.8 Å². The number of carbonyl (C=O) groups is 1. The Morgan fingerprint density at radius 3 is 2.71 bits per heavy atom. The van der Waals surface area contributed by atoms with E-state index in [2.05, 4.69) is 10.7 Å². The first kappa shape index (κ1) is 17.3. The van der Waals surface area contributed by atoms with Gasteiger partial charge in [0.15, 0.2) is 0 Å². The maximum absolute atomic E-state index is 11.9. The van der Waals surface area contributed by atoms with Crippen molar-refractivity contribution in [2.45, 2.75) is 6.92 Å². The largest absolute Gasteiger partial charge is 0.351 e. The molecule has 1 aromatic rings. The molecule has 0 aliphatic rings. The number of halogens is 1. The number of hydrogen-bond donors (Lipinski definition) is 3. The Morgan fingerprint density at radius 2 is 2.19 bits per heavy atom. The van der Waals surface area contributed by atoms with Crippen LogP contribution in [0.5, 0.6) is 0 Å². The minimum atomic E-state index is -0.997. The first-order chi connectivity index (χ1) is 9.90. The zero-order chi connectivity index (χ0) is 16.0. The van der Waals surface area contributed by atoms with Gasteiger partial charge in [-0.15, -0.1) is 0 Å². The van der Waals surface area contributed by atoms with Crippen LogP contribution >= 0.6 is 11.6 Å². The summed E-state index contributed by atoms with van der Waals surface area (Å²) in [7, 11) is -0.997. The second-order valence-electron chi connectivity index (χ2n) is 3.94. The van der Waals surface area contributed by atoms with Crippen molar-refractivity contribution in [3.63, 3.8) is 0 Å². The standard InChI is InChI=1S/C11H15ClN4O4S/c1-2-21(20)4-3-14-11(17)7-5-8(12)10(15-13)9(6-7)16(18)19/h5-6,15H,2-4,13H2,1H3,(H,14,17). The SMILES string of the molecule is CCS(=O)CCNC(=O)c1cc(Cl)c(NN)c([N+](=O)[O-])c1. The second kappa shape index (κ2) is 7.91. The number of nitrogens with two attached hydrogens (primary N) is 1. The number of benzene rings is 1. The molecule has 0 aliphatic heterocycles. The van der Waals surface area contributed by atoms with E-state index >= 15 is 0 Å². The summed E-state index contributed by atoms with van der Waals surface area (Å²) in [6.45, 7) is 1.99. The molecular weight excluding hydrogens is 320 g/mol. The Labute approximate surface area is 128 Å². The topological polar surface area (TPSA) is 127 Å². The third-order valence-electron chi connectivity index (χ3n) is 2.61. The lowest BCUT2D eigenvalue weighted by Gasteiger charge is -2.08. The zero-order valence-electron chi connectivity index (χ0n) is 11.2. The van der Waals surface area contributed by atoms with Crippen molar-refractivity contribution in [3.05, 3.63) is 32.8 Å². The Kier molecular flexibility index (Phi) is 6.53. The zero-order valence-corrected chi connectivity index (χ0v) is 12.8. The van der Waals surface area contributed by atoms with E-state index in [4.69, 9.17) is 17.4 Å². The molecule has 0 bridgehead atoms. The summed E-state index contributed by atoms with van der Waals surface area (Å²) in [5.74, 6) is 5.46. The van der Waals surface area contributed by atoms with Gasteiger partial charge in [-0.25, -0.2) is 0 Å². The monoisotopic (exact) mass is 334 g/mol. The lowest BCUT2D eigenvalue weighted by Crippen LogP contribution is -2.28. The van der Waals surface area contributed by atoms with E-state index in [1.54, 1.807) is 6.92 Å². The van der Waals surface area contributed by atoms with Gasteiger partial charge in [-0.05, 0) is 6.07 Å². The third kappa shape index (κ3) is 4.66. The second-order valence-corrected chi connectivity index (χ2v) is 6.21. The Hall–Kier alpha value is -1.71. The first-order valence-corrected chi connectivity index (χ1v) is 7.85. The van der Waals surface area contributed by atoms with Gasteiger partial charge in [0.1, 0.15) is 5.69 Å². The number of rotatable bonds is 7. The van der Waals surface area contributed by atoms with Gasteiger partial charge in [0, 0.05) is 40.5 Å². The van der Waals surface area contributed by atoms with E-state index in [1.165, 1.54) is 6.07 Å². The summed E-state index contributed by atoms with van der Waals surface area (Å²) >= 11 is 5.85. The Bertz CT molecular complexity index is 582. The Balaban J connectivity index is 2.90. The van der Waals surface area contributed by atoms with Crippen LogP contribution in [0.1, 0.15) is 17.3 Å². The number of nitro benzene ring substituents is 1. The van der Waals surface area contributed by atoms with E-state index in [-0.39, 0.29) is 22.8 Å². The minimum Gasteiger partial charge on any atom is -0.351 e. The summed E-state index contributed by atoms with van der Waals surface area (Å²) in [5, 5.41) is 13.4. The van der Waals surface area contributed by atoms with Gasteiger partial charge < -0.3 is 10.7 Å². The molecule has 1 rings (SSSR count).